The molecule has 2 heterocycles. The summed E-state index contributed by atoms with van der Waals surface area (Å²) < 4.78 is 5.55. The standard InChI is InChI=1S/C13H14N2O/c1-10-6-7-13(15-11(10)2)16-9-12-5-3-4-8-14-12/h3-8H,9H2,1-2H3. The van der Waals surface area contributed by atoms with Crippen LogP contribution in [-0.2, 0) is 6.61 Å². The molecule has 0 saturated carbocycles. The first-order chi connectivity index (χ1) is 7.75. The number of hydrogen-bond acceptors (Lipinski definition) is 3. The van der Waals surface area contributed by atoms with Crippen LogP contribution in [0.25, 0.3) is 0 Å². The van der Waals surface area contributed by atoms with Crippen LogP contribution in [-0.4, -0.2) is 9.97 Å². The quantitative estimate of drug-likeness (QED) is 0.787. The average molecular weight is 214 g/mol. The van der Waals surface area contributed by atoms with Gasteiger partial charge >= 0.3 is 0 Å². The molecule has 0 aromatic carbocycles. The molecule has 0 atom stereocenters. The minimum atomic E-state index is 0.455. The molecule has 0 aliphatic carbocycles. The van der Waals surface area contributed by atoms with Crippen molar-refractivity contribution in [3.63, 3.8) is 0 Å². The smallest absolute Gasteiger partial charge is 0.213 e. The van der Waals surface area contributed by atoms with Crippen molar-refractivity contribution < 1.29 is 4.74 Å². The normalized spacial score (nSPS) is 10.1. The Balaban J connectivity index is 2.03. The zero-order valence-electron chi connectivity index (χ0n) is 9.47. The number of aromatic nitrogens is 2. The van der Waals surface area contributed by atoms with E-state index in [-0.39, 0.29) is 0 Å². The maximum atomic E-state index is 5.55. The van der Waals surface area contributed by atoms with Gasteiger partial charge in [0, 0.05) is 18.0 Å². The Morgan fingerprint density at radius 3 is 2.69 bits per heavy atom. The molecule has 82 valence electrons. The first-order valence-electron chi connectivity index (χ1n) is 5.22. The van der Waals surface area contributed by atoms with E-state index in [0.717, 1.165) is 11.4 Å². The predicted octanol–water partition coefficient (Wildman–Crippen LogP) is 2.67. The zero-order chi connectivity index (χ0) is 11.4. The molecule has 2 aromatic rings. The van der Waals surface area contributed by atoms with Gasteiger partial charge in [0.05, 0.1) is 5.69 Å². The van der Waals surface area contributed by atoms with Crippen LogP contribution in [0, 0.1) is 13.8 Å². The van der Waals surface area contributed by atoms with Crippen LogP contribution in [0.5, 0.6) is 5.88 Å². The Kier molecular flexibility index (Phi) is 3.15. The molecule has 16 heavy (non-hydrogen) atoms. The summed E-state index contributed by atoms with van der Waals surface area (Å²) in [6.45, 7) is 4.46. The van der Waals surface area contributed by atoms with E-state index in [1.165, 1.54) is 5.56 Å². The first kappa shape index (κ1) is 10.6. The molecule has 0 spiro atoms. The highest BCUT2D eigenvalue weighted by atomic mass is 16.5. The van der Waals surface area contributed by atoms with E-state index in [9.17, 15) is 0 Å². The molecular weight excluding hydrogens is 200 g/mol. The monoisotopic (exact) mass is 214 g/mol. The zero-order valence-corrected chi connectivity index (χ0v) is 9.47. The van der Waals surface area contributed by atoms with Gasteiger partial charge in [0.1, 0.15) is 6.61 Å². The van der Waals surface area contributed by atoms with Gasteiger partial charge in [0.15, 0.2) is 0 Å². The molecule has 0 N–H and O–H groups in total. The molecule has 2 aromatic heterocycles. The highest BCUT2D eigenvalue weighted by molar-refractivity contribution is 5.23. The molecule has 0 amide bonds. The Morgan fingerprint density at radius 1 is 1.12 bits per heavy atom. The lowest BCUT2D eigenvalue weighted by atomic mass is 10.2. The lowest BCUT2D eigenvalue weighted by molar-refractivity contribution is 0.288. The Hall–Kier alpha value is -1.90. The highest BCUT2D eigenvalue weighted by Gasteiger charge is 1.99. The largest absolute Gasteiger partial charge is 0.471 e. The first-order valence-corrected chi connectivity index (χ1v) is 5.22. The SMILES string of the molecule is Cc1ccc(OCc2ccccn2)nc1C. The van der Waals surface area contributed by atoms with E-state index >= 15 is 0 Å². The number of hydrogen-bond donors (Lipinski definition) is 0. The van der Waals surface area contributed by atoms with Crippen molar-refractivity contribution >= 4 is 0 Å². The van der Waals surface area contributed by atoms with Gasteiger partial charge < -0.3 is 4.74 Å². The van der Waals surface area contributed by atoms with Crippen LogP contribution in [0.3, 0.4) is 0 Å². The molecule has 0 aliphatic rings. The van der Waals surface area contributed by atoms with Crippen molar-refractivity contribution in [3.05, 3.63) is 53.5 Å². The lowest BCUT2D eigenvalue weighted by Crippen LogP contribution is -2.00. The fourth-order valence-corrected chi connectivity index (χ4v) is 1.32. The van der Waals surface area contributed by atoms with Crippen LogP contribution >= 0.6 is 0 Å². The van der Waals surface area contributed by atoms with E-state index in [0.29, 0.717) is 12.5 Å². The molecule has 0 saturated heterocycles. The average Bonchev–Trinajstić information content (AvgIpc) is 2.32. The molecule has 0 bridgehead atoms. The summed E-state index contributed by atoms with van der Waals surface area (Å²) in [5.41, 5.74) is 3.08. The van der Waals surface area contributed by atoms with Crippen molar-refractivity contribution in [2.45, 2.75) is 20.5 Å². The van der Waals surface area contributed by atoms with Gasteiger partial charge in [-0.15, -0.1) is 0 Å². The number of rotatable bonds is 3. The van der Waals surface area contributed by atoms with Crippen molar-refractivity contribution in [1.82, 2.24) is 9.97 Å². The molecule has 0 fully saturated rings. The third-order valence-electron chi connectivity index (χ3n) is 2.42. The fraction of sp³-hybridized carbons (Fsp3) is 0.231. The van der Waals surface area contributed by atoms with Gasteiger partial charge in [-0.1, -0.05) is 12.1 Å². The molecule has 2 rings (SSSR count). The molecule has 0 radical (unpaired) electrons. The van der Waals surface area contributed by atoms with Crippen molar-refractivity contribution in [2.24, 2.45) is 0 Å². The van der Waals surface area contributed by atoms with E-state index in [2.05, 4.69) is 9.97 Å². The van der Waals surface area contributed by atoms with Crippen LogP contribution in [0.1, 0.15) is 17.0 Å². The van der Waals surface area contributed by atoms with Crippen LogP contribution in [0.2, 0.25) is 0 Å². The van der Waals surface area contributed by atoms with E-state index < -0.39 is 0 Å². The minimum Gasteiger partial charge on any atom is -0.471 e. The number of pyridine rings is 2. The van der Waals surface area contributed by atoms with Gasteiger partial charge in [-0.2, -0.15) is 0 Å². The highest BCUT2D eigenvalue weighted by Crippen LogP contribution is 2.12. The summed E-state index contributed by atoms with van der Waals surface area (Å²) in [5, 5.41) is 0. The van der Waals surface area contributed by atoms with Gasteiger partial charge in [-0.3, -0.25) is 4.98 Å². The number of aryl methyl sites for hydroxylation is 2. The maximum Gasteiger partial charge on any atom is 0.213 e. The minimum absolute atomic E-state index is 0.455. The Morgan fingerprint density at radius 2 is 2.00 bits per heavy atom. The summed E-state index contributed by atoms with van der Waals surface area (Å²) in [4.78, 5) is 8.52. The second kappa shape index (κ2) is 4.75. The van der Waals surface area contributed by atoms with Crippen molar-refractivity contribution in [2.75, 3.05) is 0 Å². The fourth-order valence-electron chi connectivity index (χ4n) is 1.32. The van der Waals surface area contributed by atoms with Crippen LogP contribution in [0.15, 0.2) is 36.5 Å². The summed E-state index contributed by atoms with van der Waals surface area (Å²) in [6.07, 6.45) is 1.76. The van der Waals surface area contributed by atoms with Gasteiger partial charge in [-0.25, -0.2) is 4.98 Å². The molecule has 3 heteroatoms. The van der Waals surface area contributed by atoms with Gasteiger partial charge in [0.25, 0.3) is 0 Å². The molecule has 0 aliphatic heterocycles. The van der Waals surface area contributed by atoms with E-state index in [1.54, 1.807) is 6.20 Å². The molecule has 3 nitrogen and oxygen atoms in total. The summed E-state index contributed by atoms with van der Waals surface area (Å²) >= 11 is 0. The third-order valence-corrected chi connectivity index (χ3v) is 2.42. The lowest BCUT2D eigenvalue weighted by Gasteiger charge is -2.06. The topological polar surface area (TPSA) is 35.0 Å². The third kappa shape index (κ3) is 2.57. The summed E-state index contributed by atoms with van der Waals surface area (Å²) in [7, 11) is 0. The Labute approximate surface area is 95.1 Å². The summed E-state index contributed by atoms with van der Waals surface area (Å²) in [6, 6.07) is 9.65. The predicted molar refractivity (Wildman–Crippen MR) is 62.3 cm³/mol. The van der Waals surface area contributed by atoms with Gasteiger partial charge in [-0.05, 0) is 31.5 Å². The molecule has 0 unspecified atom stereocenters. The van der Waals surface area contributed by atoms with Crippen molar-refractivity contribution in [3.8, 4) is 5.88 Å². The van der Waals surface area contributed by atoms with E-state index in [4.69, 9.17) is 4.74 Å². The Bertz CT molecular complexity index is 469. The summed E-state index contributed by atoms with van der Waals surface area (Å²) in [5.74, 6) is 0.647. The van der Waals surface area contributed by atoms with Gasteiger partial charge in [0.2, 0.25) is 5.88 Å². The number of nitrogens with zero attached hydrogens (tertiary/aromatic N) is 2. The van der Waals surface area contributed by atoms with Crippen LogP contribution in [0.4, 0.5) is 0 Å². The number of ether oxygens (including phenoxy) is 1. The van der Waals surface area contributed by atoms with Crippen LogP contribution < -0.4 is 4.74 Å². The van der Waals surface area contributed by atoms with Crippen molar-refractivity contribution in [1.29, 1.82) is 0 Å². The maximum absolute atomic E-state index is 5.55. The van der Waals surface area contributed by atoms with E-state index in [1.807, 2.05) is 44.2 Å². The second-order valence-corrected chi connectivity index (χ2v) is 3.66. The second-order valence-electron chi connectivity index (χ2n) is 3.66. The molecular formula is C13H14N2O.